The van der Waals surface area contributed by atoms with E-state index in [9.17, 15) is 9.00 Å². The van der Waals surface area contributed by atoms with Gasteiger partial charge in [-0.3, -0.25) is 4.21 Å². The van der Waals surface area contributed by atoms with Crippen LogP contribution in [0.1, 0.15) is 17.0 Å². The third-order valence-electron chi connectivity index (χ3n) is 2.32. The van der Waals surface area contributed by atoms with Crippen LogP contribution in [0, 0.1) is 0 Å². The maximum absolute atomic E-state index is 11.8. The van der Waals surface area contributed by atoms with E-state index in [0.717, 1.165) is 6.54 Å². The quantitative estimate of drug-likeness (QED) is 0.855. The Hall–Kier alpha value is -1.89. The molecule has 0 aliphatic carbocycles. The van der Waals surface area contributed by atoms with Crippen LogP contribution >= 0.6 is 0 Å². The minimum Gasteiger partial charge on any atom is -0.475 e. The first-order valence-corrected chi connectivity index (χ1v) is 6.66. The minimum absolute atomic E-state index is 0.187. The van der Waals surface area contributed by atoms with Crippen LogP contribution in [-0.2, 0) is 17.3 Å². The van der Waals surface area contributed by atoms with Crippen molar-refractivity contribution in [2.75, 3.05) is 5.75 Å². The number of carboxylic acids is 1. The van der Waals surface area contributed by atoms with Gasteiger partial charge in [-0.1, -0.05) is 0 Å². The van der Waals surface area contributed by atoms with Crippen molar-refractivity contribution in [3.05, 3.63) is 36.6 Å². The lowest BCUT2D eigenvalue weighted by Gasteiger charge is -2.00. The highest BCUT2D eigenvalue weighted by atomic mass is 32.2. The fraction of sp³-hybridized carbons (Fsp3) is 0.273. The van der Waals surface area contributed by atoms with Crippen molar-refractivity contribution in [2.45, 2.75) is 18.1 Å². The Morgan fingerprint density at radius 2 is 2.33 bits per heavy atom. The summed E-state index contributed by atoms with van der Waals surface area (Å²) in [5.41, 5.74) is 0. The Morgan fingerprint density at radius 1 is 1.50 bits per heavy atom. The highest BCUT2D eigenvalue weighted by Gasteiger charge is 2.13. The number of imidazole rings is 1. The molecule has 0 fully saturated rings. The van der Waals surface area contributed by atoms with E-state index in [1.165, 1.54) is 12.1 Å². The van der Waals surface area contributed by atoms with E-state index in [0.29, 0.717) is 12.2 Å². The molecule has 0 aromatic carbocycles. The first-order chi connectivity index (χ1) is 8.66. The molecule has 0 saturated carbocycles. The molecule has 0 saturated heterocycles. The molecule has 96 valence electrons. The molecule has 6 nitrogen and oxygen atoms in total. The van der Waals surface area contributed by atoms with E-state index >= 15 is 0 Å². The van der Waals surface area contributed by atoms with Crippen molar-refractivity contribution in [2.24, 2.45) is 0 Å². The maximum atomic E-state index is 11.8. The van der Waals surface area contributed by atoms with E-state index in [-0.39, 0.29) is 10.9 Å². The summed E-state index contributed by atoms with van der Waals surface area (Å²) in [5.74, 6) is -0.922. The van der Waals surface area contributed by atoms with Crippen LogP contribution < -0.4 is 0 Å². The van der Waals surface area contributed by atoms with Gasteiger partial charge in [0.15, 0.2) is 5.09 Å². The van der Waals surface area contributed by atoms with Crippen LogP contribution in [0.5, 0.6) is 0 Å². The molecule has 18 heavy (non-hydrogen) atoms. The van der Waals surface area contributed by atoms with Gasteiger partial charge >= 0.3 is 5.97 Å². The number of carboxylic acid groups (broad SMARTS) is 1. The number of aromatic carboxylic acids is 1. The van der Waals surface area contributed by atoms with Crippen LogP contribution in [0.3, 0.4) is 0 Å². The Morgan fingerprint density at radius 3 is 2.94 bits per heavy atom. The molecule has 7 heteroatoms. The number of aromatic nitrogens is 2. The summed E-state index contributed by atoms with van der Waals surface area (Å²) in [6.45, 7) is 0.720. The van der Waals surface area contributed by atoms with Gasteiger partial charge in [0.25, 0.3) is 0 Å². The summed E-state index contributed by atoms with van der Waals surface area (Å²) in [5, 5.41) is 8.88. The zero-order valence-corrected chi connectivity index (χ0v) is 10.3. The molecule has 0 amide bonds. The van der Waals surface area contributed by atoms with Crippen molar-refractivity contribution in [3.8, 4) is 0 Å². The van der Waals surface area contributed by atoms with Crippen molar-refractivity contribution in [1.82, 2.24) is 9.55 Å². The molecule has 2 rings (SSSR count). The Kier molecular flexibility index (Phi) is 3.93. The van der Waals surface area contributed by atoms with Crippen LogP contribution in [0.2, 0.25) is 0 Å². The van der Waals surface area contributed by atoms with E-state index in [1.54, 1.807) is 12.5 Å². The van der Waals surface area contributed by atoms with E-state index in [4.69, 9.17) is 9.52 Å². The average Bonchev–Trinajstić information content (AvgIpc) is 2.99. The molecule has 0 aliphatic rings. The first kappa shape index (κ1) is 12.6. The number of aryl methyl sites for hydroxylation is 1. The molecular formula is C11H12N2O4S. The van der Waals surface area contributed by atoms with Crippen LogP contribution in [0.15, 0.2) is 40.4 Å². The number of rotatable bonds is 6. The standard InChI is InChI=1S/C11H12N2O4S/c14-11(15)9-2-3-10(17-9)18(16)7-1-5-13-6-4-12-8-13/h2-4,6,8H,1,5,7H2,(H,14,15). The van der Waals surface area contributed by atoms with Gasteiger partial charge in [-0.2, -0.15) is 0 Å². The zero-order chi connectivity index (χ0) is 13.0. The lowest BCUT2D eigenvalue weighted by Crippen LogP contribution is -2.02. The molecule has 0 spiro atoms. The third kappa shape index (κ3) is 3.07. The maximum Gasteiger partial charge on any atom is 0.371 e. The third-order valence-corrected chi connectivity index (χ3v) is 3.65. The van der Waals surface area contributed by atoms with Gasteiger partial charge in [0.05, 0.1) is 17.1 Å². The second-order valence-corrected chi connectivity index (χ2v) is 5.13. The molecule has 1 N–H and O–H groups in total. The van der Waals surface area contributed by atoms with Gasteiger partial charge in [-0.25, -0.2) is 9.78 Å². The fourth-order valence-corrected chi connectivity index (χ4v) is 2.45. The van der Waals surface area contributed by atoms with Crippen LogP contribution in [0.25, 0.3) is 0 Å². The average molecular weight is 268 g/mol. The monoisotopic (exact) mass is 268 g/mol. The lowest BCUT2D eigenvalue weighted by molar-refractivity contribution is 0.0656. The normalized spacial score (nSPS) is 12.4. The largest absolute Gasteiger partial charge is 0.475 e. The van der Waals surface area contributed by atoms with Gasteiger partial charge in [0.2, 0.25) is 5.76 Å². The Bertz CT molecular complexity index is 547. The second kappa shape index (κ2) is 5.63. The summed E-state index contributed by atoms with van der Waals surface area (Å²) < 4.78 is 18.7. The molecule has 1 atom stereocenters. The molecule has 2 aromatic heterocycles. The minimum atomic E-state index is -1.30. The van der Waals surface area contributed by atoms with Crippen LogP contribution in [0.4, 0.5) is 0 Å². The summed E-state index contributed by atoms with van der Waals surface area (Å²) in [6.07, 6.45) is 5.91. The fourth-order valence-electron chi connectivity index (χ4n) is 1.46. The van der Waals surface area contributed by atoms with Crippen LogP contribution in [-0.4, -0.2) is 30.6 Å². The SMILES string of the molecule is O=C(O)c1ccc(S(=O)CCCn2ccnc2)o1. The predicted molar refractivity (Wildman–Crippen MR) is 63.8 cm³/mol. The summed E-state index contributed by atoms with van der Waals surface area (Å²) in [4.78, 5) is 14.5. The molecule has 2 heterocycles. The summed E-state index contributed by atoms with van der Waals surface area (Å²) in [6, 6.07) is 2.75. The van der Waals surface area contributed by atoms with Gasteiger partial charge in [-0.05, 0) is 18.6 Å². The molecule has 0 bridgehead atoms. The van der Waals surface area contributed by atoms with Crippen molar-refractivity contribution in [3.63, 3.8) is 0 Å². The molecule has 2 aromatic rings. The summed E-state index contributed by atoms with van der Waals surface area (Å²) in [7, 11) is -1.30. The highest BCUT2D eigenvalue weighted by molar-refractivity contribution is 7.84. The molecule has 0 aliphatic heterocycles. The number of hydrogen-bond donors (Lipinski definition) is 1. The van der Waals surface area contributed by atoms with Crippen molar-refractivity contribution < 1.29 is 18.5 Å². The molecular weight excluding hydrogens is 256 g/mol. The Labute approximate surface area is 106 Å². The number of hydrogen-bond acceptors (Lipinski definition) is 4. The first-order valence-electron chi connectivity index (χ1n) is 5.34. The predicted octanol–water partition coefficient (Wildman–Crippen LogP) is 1.37. The zero-order valence-electron chi connectivity index (χ0n) is 9.48. The molecule has 0 radical (unpaired) electrons. The molecule has 1 unspecified atom stereocenters. The van der Waals surface area contributed by atoms with E-state index in [1.807, 2.05) is 10.8 Å². The van der Waals surface area contributed by atoms with Crippen molar-refractivity contribution in [1.29, 1.82) is 0 Å². The second-order valence-electron chi connectivity index (χ2n) is 3.63. The van der Waals surface area contributed by atoms with Crippen molar-refractivity contribution >= 4 is 16.8 Å². The smallest absolute Gasteiger partial charge is 0.371 e. The number of furan rings is 1. The van der Waals surface area contributed by atoms with Gasteiger partial charge in [0, 0.05) is 24.7 Å². The topological polar surface area (TPSA) is 85.3 Å². The van der Waals surface area contributed by atoms with Gasteiger partial charge in [0.1, 0.15) is 0 Å². The van der Waals surface area contributed by atoms with E-state index < -0.39 is 16.8 Å². The van der Waals surface area contributed by atoms with Gasteiger partial charge < -0.3 is 14.1 Å². The number of nitrogens with zero attached hydrogens (tertiary/aromatic N) is 2. The lowest BCUT2D eigenvalue weighted by atomic mass is 10.5. The number of carbonyl (C=O) groups is 1. The summed E-state index contributed by atoms with van der Waals surface area (Å²) >= 11 is 0. The van der Waals surface area contributed by atoms with Gasteiger partial charge in [-0.15, -0.1) is 0 Å². The van der Waals surface area contributed by atoms with E-state index in [2.05, 4.69) is 4.98 Å². The highest BCUT2D eigenvalue weighted by Crippen LogP contribution is 2.13. The Balaban J connectivity index is 1.85.